The number of carbonyl (C=O) groups excluding carboxylic acids is 2. The third-order valence-electron chi connectivity index (χ3n) is 3.33. The Morgan fingerprint density at radius 2 is 1.71 bits per heavy atom. The van der Waals surface area contributed by atoms with E-state index >= 15 is 0 Å². The van der Waals surface area contributed by atoms with Gasteiger partial charge in [-0.25, -0.2) is 8.42 Å². The number of ketones is 1. The summed E-state index contributed by atoms with van der Waals surface area (Å²) in [6, 6.07) is 2.90. The molecule has 1 amide bonds. The molecular weight excluding hydrogens is 337 g/mol. The first kappa shape index (κ1) is 16.3. The molecule has 0 aliphatic carbocycles. The Morgan fingerprint density at radius 3 is 2.29 bits per heavy atom. The largest absolute Gasteiger partial charge is 0.302 e. The van der Waals surface area contributed by atoms with E-state index in [4.69, 9.17) is 23.2 Å². The summed E-state index contributed by atoms with van der Waals surface area (Å²) in [4.78, 5) is 25.1. The van der Waals surface area contributed by atoms with Gasteiger partial charge < -0.3 is 4.90 Å². The Bertz CT molecular complexity index is 728. The van der Waals surface area contributed by atoms with Crippen LogP contribution in [-0.4, -0.2) is 37.7 Å². The average Bonchev–Trinajstić information content (AvgIpc) is 2.66. The summed E-state index contributed by atoms with van der Waals surface area (Å²) in [5.74, 6) is -1.82. The number of nitrogens with zero attached hydrogens (tertiary/aromatic N) is 1. The lowest BCUT2D eigenvalue weighted by Crippen LogP contribution is -2.35. The summed E-state index contributed by atoms with van der Waals surface area (Å²) < 4.78 is 23.7. The number of hydrogen-bond acceptors (Lipinski definition) is 4. The predicted octanol–water partition coefficient (Wildman–Crippen LogP) is 2.35. The van der Waals surface area contributed by atoms with Crippen molar-refractivity contribution in [3.63, 3.8) is 0 Å². The number of halogens is 2. The summed E-state index contributed by atoms with van der Waals surface area (Å²) in [7, 11) is -3.33. The van der Waals surface area contributed by atoms with Crippen LogP contribution in [0.25, 0.3) is 0 Å². The average molecular weight is 350 g/mol. The molecule has 0 radical (unpaired) electrons. The Labute approximate surface area is 132 Å². The fourth-order valence-corrected chi connectivity index (χ4v) is 3.43. The van der Waals surface area contributed by atoms with Crippen LogP contribution in [0.1, 0.15) is 24.2 Å². The predicted molar refractivity (Wildman–Crippen MR) is 82.1 cm³/mol. The lowest BCUT2D eigenvalue weighted by Gasteiger charge is -2.18. The van der Waals surface area contributed by atoms with Gasteiger partial charge in [-0.1, -0.05) is 23.2 Å². The third-order valence-corrected chi connectivity index (χ3v) is 6.14. The first-order chi connectivity index (χ1) is 9.66. The number of benzene rings is 1. The molecule has 1 aromatic carbocycles. The molecule has 1 aromatic rings. The quantitative estimate of drug-likeness (QED) is 0.782. The van der Waals surface area contributed by atoms with Crippen LogP contribution in [0, 0.1) is 0 Å². The van der Waals surface area contributed by atoms with Gasteiger partial charge in [0.05, 0.1) is 32.3 Å². The molecule has 0 spiro atoms. The Balaban J connectivity index is 2.39. The number of hydrogen-bond donors (Lipinski definition) is 0. The number of anilines is 1. The van der Waals surface area contributed by atoms with Crippen LogP contribution in [0.2, 0.25) is 10.0 Å². The van der Waals surface area contributed by atoms with E-state index in [1.54, 1.807) is 13.8 Å². The zero-order chi connectivity index (χ0) is 15.9. The van der Waals surface area contributed by atoms with Gasteiger partial charge in [0.25, 0.3) is 11.7 Å². The summed E-state index contributed by atoms with van der Waals surface area (Å²) in [6.45, 7) is 2.99. The molecule has 0 saturated heterocycles. The van der Waals surface area contributed by atoms with Crippen molar-refractivity contribution in [1.29, 1.82) is 0 Å². The van der Waals surface area contributed by atoms with Crippen molar-refractivity contribution in [2.45, 2.75) is 19.1 Å². The number of carbonyl (C=O) groups is 2. The van der Waals surface area contributed by atoms with E-state index < -0.39 is 26.8 Å². The Hall–Kier alpha value is -1.11. The second-order valence-corrected chi connectivity index (χ2v) is 8.45. The maximum atomic E-state index is 12.0. The van der Waals surface area contributed by atoms with Crippen molar-refractivity contribution in [3.05, 3.63) is 27.7 Å². The maximum absolute atomic E-state index is 12.0. The molecular formula is C13H13Cl2NO4S. The van der Waals surface area contributed by atoms with E-state index in [9.17, 15) is 18.0 Å². The van der Waals surface area contributed by atoms with Gasteiger partial charge in [0.1, 0.15) is 0 Å². The minimum atomic E-state index is -3.33. The van der Waals surface area contributed by atoms with Crippen molar-refractivity contribution in [2.24, 2.45) is 0 Å². The topological polar surface area (TPSA) is 71.5 Å². The lowest BCUT2D eigenvalue weighted by atomic mass is 10.1. The number of rotatable bonds is 4. The highest BCUT2D eigenvalue weighted by Gasteiger charge is 2.39. The zero-order valence-electron chi connectivity index (χ0n) is 11.4. The van der Waals surface area contributed by atoms with Crippen molar-refractivity contribution in [3.8, 4) is 0 Å². The van der Waals surface area contributed by atoms with Crippen molar-refractivity contribution in [1.82, 2.24) is 0 Å². The second kappa shape index (κ2) is 5.59. The lowest BCUT2D eigenvalue weighted by molar-refractivity contribution is -0.114. The standard InChI is InChI=1S/C13H13Cl2NO4S/c1-7(2)21(19,20)6-5-16-11-9(15)4-3-8(14)10(11)12(17)13(16)18/h3-4,7H,5-6H2,1-2H3. The first-order valence-electron chi connectivity index (χ1n) is 6.22. The van der Waals surface area contributed by atoms with Crippen molar-refractivity contribution in [2.75, 3.05) is 17.2 Å². The molecule has 0 unspecified atom stereocenters. The van der Waals surface area contributed by atoms with Crippen LogP contribution in [0.15, 0.2) is 12.1 Å². The van der Waals surface area contributed by atoms with Crippen LogP contribution in [-0.2, 0) is 14.6 Å². The highest BCUT2D eigenvalue weighted by Crippen LogP contribution is 2.39. The molecule has 0 bridgehead atoms. The van der Waals surface area contributed by atoms with E-state index in [0.29, 0.717) is 0 Å². The summed E-state index contributed by atoms with van der Waals surface area (Å²) in [6.07, 6.45) is 0. The Morgan fingerprint density at radius 1 is 1.14 bits per heavy atom. The van der Waals surface area contributed by atoms with Gasteiger partial charge in [-0.15, -0.1) is 0 Å². The van der Waals surface area contributed by atoms with Crippen LogP contribution >= 0.6 is 23.2 Å². The van der Waals surface area contributed by atoms with Crippen LogP contribution in [0.4, 0.5) is 5.69 Å². The normalized spacial score (nSPS) is 15.0. The van der Waals surface area contributed by atoms with Gasteiger partial charge in [-0.05, 0) is 26.0 Å². The van der Waals surface area contributed by atoms with Crippen molar-refractivity contribution >= 4 is 50.4 Å². The van der Waals surface area contributed by atoms with Gasteiger partial charge in [0, 0.05) is 6.54 Å². The molecule has 8 heteroatoms. The molecule has 0 saturated carbocycles. The number of Topliss-reactive ketones (excluding diaryl/α,β-unsaturated/α-hetero) is 1. The molecule has 1 aliphatic rings. The molecule has 1 heterocycles. The van der Waals surface area contributed by atoms with Crippen LogP contribution in [0.5, 0.6) is 0 Å². The van der Waals surface area contributed by atoms with E-state index in [2.05, 4.69) is 0 Å². The van der Waals surface area contributed by atoms with E-state index in [0.717, 1.165) is 4.90 Å². The molecule has 114 valence electrons. The minimum absolute atomic E-state index is 0.0381. The maximum Gasteiger partial charge on any atom is 0.299 e. The summed E-state index contributed by atoms with van der Waals surface area (Å²) >= 11 is 12.0. The second-order valence-electron chi connectivity index (χ2n) is 4.95. The SMILES string of the molecule is CC(C)S(=O)(=O)CCN1C(=O)C(=O)c2c(Cl)ccc(Cl)c21. The van der Waals surface area contributed by atoms with E-state index in [-0.39, 0.29) is 33.6 Å². The fourth-order valence-electron chi connectivity index (χ4n) is 2.02. The molecule has 21 heavy (non-hydrogen) atoms. The zero-order valence-corrected chi connectivity index (χ0v) is 13.7. The first-order valence-corrected chi connectivity index (χ1v) is 8.69. The number of fused-ring (bicyclic) bond motifs is 1. The third kappa shape index (κ3) is 2.80. The van der Waals surface area contributed by atoms with Crippen molar-refractivity contribution < 1.29 is 18.0 Å². The molecule has 5 nitrogen and oxygen atoms in total. The van der Waals surface area contributed by atoms with Gasteiger partial charge >= 0.3 is 0 Å². The van der Waals surface area contributed by atoms with E-state index in [1.807, 2.05) is 0 Å². The Kier molecular flexibility index (Phi) is 4.33. The van der Waals surface area contributed by atoms with Gasteiger partial charge in [-0.3, -0.25) is 9.59 Å². The van der Waals surface area contributed by atoms with Gasteiger partial charge in [0.15, 0.2) is 9.84 Å². The van der Waals surface area contributed by atoms with E-state index in [1.165, 1.54) is 12.1 Å². The molecule has 0 aromatic heterocycles. The molecule has 2 rings (SSSR count). The highest BCUT2D eigenvalue weighted by molar-refractivity contribution is 7.92. The monoisotopic (exact) mass is 349 g/mol. The van der Waals surface area contributed by atoms with Gasteiger partial charge in [-0.2, -0.15) is 0 Å². The molecule has 0 N–H and O–H groups in total. The highest BCUT2D eigenvalue weighted by atomic mass is 35.5. The molecule has 0 atom stereocenters. The van der Waals surface area contributed by atoms with Crippen LogP contribution < -0.4 is 4.90 Å². The smallest absolute Gasteiger partial charge is 0.299 e. The summed E-state index contributed by atoms with van der Waals surface area (Å²) in [5, 5.41) is -0.238. The minimum Gasteiger partial charge on any atom is -0.302 e. The summed E-state index contributed by atoms with van der Waals surface area (Å²) in [5.41, 5.74) is 0.231. The number of amides is 1. The molecule has 0 fully saturated rings. The fraction of sp³-hybridized carbons (Fsp3) is 0.385. The number of sulfone groups is 1. The molecule has 1 aliphatic heterocycles. The van der Waals surface area contributed by atoms with Gasteiger partial charge in [0.2, 0.25) is 0 Å². The van der Waals surface area contributed by atoms with Crippen LogP contribution in [0.3, 0.4) is 0 Å².